The van der Waals surface area contributed by atoms with Gasteiger partial charge in [-0.25, -0.2) is 4.68 Å². The molecule has 0 saturated carbocycles. The van der Waals surface area contributed by atoms with Crippen molar-refractivity contribution in [2.75, 3.05) is 5.32 Å². The van der Waals surface area contributed by atoms with Crippen LogP contribution in [0.25, 0.3) is 5.69 Å². The molecule has 1 atom stereocenters. The largest absolute Gasteiger partial charge is 0.481 e. The second-order valence-corrected chi connectivity index (χ2v) is 7.95. The maximum Gasteiger partial charge on any atom is 0.266 e. The van der Waals surface area contributed by atoms with Gasteiger partial charge in [-0.15, -0.1) is 0 Å². The number of hydrogen-bond donors (Lipinski definition) is 1. The molecule has 0 unspecified atom stereocenters. The SMILES string of the molecule is Cc1cccc(-n2nc3c(c2NC(=O)[C@@H](C)Oc2ccccc2)CSC3)c1C. The third-order valence-electron chi connectivity index (χ3n) is 5.02. The summed E-state index contributed by atoms with van der Waals surface area (Å²) in [4.78, 5) is 12.9. The van der Waals surface area contributed by atoms with Crippen molar-refractivity contribution in [2.45, 2.75) is 38.4 Å². The topological polar surface area (TPSA) is 56.2 Å². The molecule has 5 nitrogen and oxygen atoms in total. The van der Waals surface area contributed by atoms with Gasteiger partial charge in [-0.1, -0.05) is 30.3 Å². The Bertz CT molecular complexity index is 1010. The lowest BCUT2D eigenvalue weighted by molar-refractivity contribution is -0.122. The molecule has 28 heavy (non-hydrogen) atoms. The molecule has 4 rings (SSSR count). The number of benzene rings is 2. The maximum atomic E-state index is 12.9. The molecule has 0 fully saturated rings. The molecule has 0 radical (unpaired) electrons. The Hall–Kier alpha value is -2.73. The number of thioether (sulfide) groups is 1. The number of nitrogens with one attached hydrogen (secondary N) is 1. The molecule has 1 aliphatic rings. The van der Waals surface area contributed by atoms with Crippen molar-refractivity contribution >= 4 is 23.5 Å². The molecule has 1 aliphatic heterocycles. The smallest absolute Gasteiger partial charge is 0.266 e. The van der Waals surface area contributed by atoms with E-state index in [1.165, 1.54) is 5.56 Å². The second-order valence-electron chi connectivity index (χ2n) is 6.96. The van der Waals surface area contributed by atoms with Crippen molar-refractivity contribution in [2.24, 2.45) is 0 Å². The van der Waals surface area contributed by atoms with Crippen LogP contribution in [0.2, 0.25) is 0 Å². The molecule has 0 spiro atoms. The van der Waals surface area contributed by atoms with Crippen LogP contribution in [0.15, 0.2) is 48.5 Å². The number of anilines is 1. The first-order valence-corrected chi connectivity index (χ1v) is 10.5. The van der Waals surface area contributed by atoms with E-state index in [2.05, 4.69) is 25.2 Å². The van der Waals surface area contributed by atoms with E-state index in [0.29, 0.717) is 5.75 Å². The van der Waals surface area contributed by atoms with Gasteiger partial charge in [0.15, 0.2) is 6.10 Å². The van der Waals surface area contributed by atoms with Crippen LogP contribution in [-0.2, 0) is 16.3 Å². The van der Waals surface area contributed by atoms with Gasteiger partial charge in [0.2, 0.25) is 0 Å². The lowest BCUT2D eigenvalue weighted by Crippen LogP contribution is -2.31. The number of carbonyl (C=O) groups is 1. The standard InChI is InChI=1S/C22H23N3O2S/c1-14-8-7-11-20(15(14)2)25-21(18-12-28-13-19(18)24-25)23-22(26)16(3)27-17-9-5-4-6-10-17/h4-11,16H,12-13H2,1-3H3,(H,23,26)/t16-/m1/s1. The normalized spacial score (nSPS) is 13.8. The number of hydrogen-bond acceptors (Lipinski definition) is 4. The van der Waals surface area contributed by atoms with Gasteiger partial charge in [-0.2, -0.15) is 16.9 Å². The van der Waals surface area contributed by atoms with Gasteiger partial charge < -0.3 is 10.1 Å². The first kappa shape index (κ1) is 18.6. The van der Waals surface area contributed by atoms with E-state index in [9.17, 15) is 4.79 Å². The fourth-order valence-electron chi connectivity index (χ4n) is 3.26. The Labute approximate surface area is 169 Å². The summed E-state index contributed by atoms with van der Waals surface area (Å²) in [5.74, 6) is 2.96. The van der Waals surface area contributed by atoms with Crippen LogP contribution in [0.3, 0.4) is 0 Å². The molecule has 2 heterocycles. The van der Waals surface area contributed by atoms with E-state index < -0.39 is 6.10 Å². The predicted molar refractivity (Wildman–Crippen MR) is 113 cm³/mol. The van der Waals surface area contributed by atoms with Crippen LogP contribution in [0.4, 0.5) is 5.82 Å². The lowest BCUT2D eigenvalue weighted by atomic mass is 10.1. The van der Waals surface area contributed by atoms with Crippen molar-refractivity contribution in [3.8, 4) is 11.4 Å². The van der Waals surface area contributed by atoms with Crippen molar-refractivity contribution in [1.29, 1.82) is 0 Å². The summed E-state index contributed by atoms with van der Waals surface area (Å²) in [6, 6.07) is 15.5. The molecule has 0 bridgehead atoms. The summed E-state index contributed by atoms with van der Waals surface area (Å²) < 4.78 is 7.66. The molecule has 144 valence electrons. The number of rotatable bonds is 5. The van der Waals surface area contributed by atoms with Crippen LogP contribution in [0, 0.1) is 13.8 Å². The fourth-order valence-corrected chi connectivity index (χ4v) is 4.29. The fraction of sp³-hybridized carbons (Fsp3) is 0.273. The lowest BCUT2D eigenvalue weighted by Gasteiger charge is -2.17. The van der Waals surface area contributed by atoms with Crippen molar-refractivity contribution in [3.05, 3.63) is 70.9 Å². The van der Waals surface area contributed by atoms with Crippen LogP contribution in [-0.4, -0.2) is 21.8 Å². The molecule has 1 aromatic heterocycles. The monoisotopic (exact) mass is 393 g/mol. The predicted octanol–water partition coefficient (Wildman–Crippen LogP) is 4.64. The van der Waals surface area contributed by atoms with Gasteiger partial charge in [0.1, 0.15) is 11.6 Å². The van der Waals surface area contributed by atoms with Gasteiger partial charge in [0.05, 0.1) is 11.4 Å². The van der Waals surface area contributed by atoms with Gasteiger partial charge in [0.25, 0.3) is 5.91 Å². The third kappa shape index (κ3) is 3.52. The second kappa shape index (κ2) is 7.72. The minimum absolute atomic E-state index is 0.185. The van der Waals surface area contributed by atoms with E-state index in [1.807, 2.05) is 58.9 Å². The Morgan fingerprint density at radius 3 is 2.71 bits per heavy atom. The van der Waals surface area contributed by atoms with E-state index in [4.69, 9.17) is 9.84 Å². The van der Waals surface area contributed by atoms with Crippen molar-refractivity contribution in [1.82, 2.24) is 9.78 Å². The highest BCUT2D eigenvalue weighted by molar-refractivity contribution is 7.98. The maximum absolute atomic E-state index is 12.9. The summed E-state index contributed by atoms with van der Waals surface area (Å²) in [5, 5.41) is 7.88. The average Bonchev–Trinajstić information content (AvgIpc) is 3.27. The quantitative estimate of drug-likeness (QED) is 0.686. The van der Waals surface area contributed by atoms with Crippen molar-refractivity contribution in [3.63, 3.8) is 0 Å². The van der Waals surface area contributed by atoms with Crippen LogP contribution in [0.5, 0.6) is 5.75 Å². The summed E-state index contributed by atoms with van der Waals surface area (Å²) in [6.07, 6.45) is -0.617. The molecule has 0 saturated heterocycles. The first-order valence-electron chi connectivity index (χ1n) is 9.32. The molecule has 0 aliphatic carbocycles. The number of aryl methyl sites for hydroxylation is 1. The highest BCUT2D eigenvalue weighted by atomic mass is 32.2. The number of ether oxygens (including phenoxy) is 1. The molecule has 6 heteroatoms. The molecular formula is C22H23N3O2S. The molecule has 3 aromatic rings. The highest BCUT2D eigenvalue weighted by Gasteiger charge is 2.27. The Morgan fingerprint density at radius 2 is 1.93 bits per heavy atom. The summed E-state index contributed by atoms with van der Waals surface area (Å²) >= 11 is 1.81. The van der Waals surface area contributed by atoms with Crippen LogP contribution in [0.1, 0.15) is 29.3 Å². The molecule has 2 aromatic carbocycles. The zero-order chi connectivity index (χ0) is 19.7. The van der Waals surface area contributed by atoms with Crippen LogP contribution < -0.4 is 10.1 Å². The number of amides is 1. The Morgan fingerprint density at radius 1 is 1.14 bits per heavy atom. The molecule has 1 N–H and O–H groups in total. The number of carbonyl (C=O) groups excluding carboxylic acids is 1. The van der Waals surface area contributed by atoms with Crippen LogP contribution >= 0.6 is 11.8 Å². The molecule has 1 amide bonds. The molecular weight excluding hydrogens is 370 g/mol. The zero-order valence-corrected chi connectivity index (χ0v) is 17.0. The van der Waals surface area contributed by atoms with Gasteiger partial charge in [0, 0.05) is 17.1 Å². The number of para-hydroxylation sites is 1. The first-order chi connectivity index (χ1) is 13.5. The summed E-state index contributed by atoms with van der Waals surface area (Å²) in [6.45, 7) is 5.93. The number of fused-ring (bicyclic) bond motifs is 1. The Balaban J connectivity index is 1.64. The minimum atomic E-state index is -0.617. The zero-order valence-electron chi connectivity index (χ0n) is 16.2. The summed E-state index contributed by atoms with van der Waals surface area (Å²) in [7, 11) is 0. The third-order valence-corrected chi connectivity index (χ3v) is 5.99. The van der Waals surface area contributed by atoms with E-state index in [-0.39, 0.29) is 5.91 Å². The minimum Gasteiger partial charge on any atom is -0.481 e. The van der Waals surface area contributed by atoms with Gasteiger partial charge in [-0.3, -0.25) is 4.79 Å². The van der Waals surface area contributed by atoms with E-state index in [0.717, 1.165) is 39.8 Å². The van der Waals surface area contributed by atoms with Crippen molar-refractivity contribution < 1.29 is 9.53 Å². The van der Waals surface area contributed by atoms with Gasteiger partial charge >= 0.3 is 0 Å². The number of aromatic nitrogens is 2. The number of nitrogens with zero attached hydrogens (tertiary/aromatic N) is 2. The highest BCUT2D eigenvalue weighted by Crippen LogP contribution is 2.37. The Kier molecular flexibility index (Phi) is 5.13. The average molecular weight is 394 g/mol. The van der Waals surface area contributed by atoms with E-state index in [1.54, 1.807) is 6.92 Å². The van der Waals surface area contributed by atoms with Gasteiger partial charge in [-0.05, 0) is 50.1 Å². The summed E-state index contributed by atoms with van der Waals surface area (Å²) in [5.41, 5.74) is 5.48. The van der Waals surface area contributed by atoms with E-state index >= 15 is 0 Å².